The van der Waals surface area contributed by atoms with Gasteiger partial charge in [0.25, 0.3) is 0 Å². The van der Waals surface area contributed by atoms with Gasteiger partial charge in [0, 0.05) is 56.1 Å². The monoisotopic (exact) mass is 426 g/mol. The van der Waals surface area contributed by atoms with Crippen LogP contribution in [0.2, 0.25) is 0 Å². The number of carboxylic acids is 2. The highest BCUT2D eigenvalue weighted by molar-refractivity contribution is 5.90. The molecular formula is C22H23FN4O4. The molecule has 0 radical (unpaired) electrons. The molecule has 0 bridgehead atoms. The summed E-state index contributed by atoms with van der Waals surface area (Å²) in [4.78, 5) is 31.9. The molecule has 1 saturated heterocycles. The van der Waals surface area contributed by atoms with Crippen LogP contribution in [0.3, 0.4) is 0 Å². The minimum Gasteiger partial charge on any atom is -0.480 e. The molecule has 1 aliphatic heterocycles. The fourth-order valence-electron chi connectivity index (χ4n) is 4.17. The van der Waals surface area contributed by atoms with Gasteiger partial charge >= 0.3 is 11.9 Å². The summed E-state index contributed by atoms with van der Waals surface area (Å²) in [5.41, 5.74) is 1.81. The van der Waals surface area contributed by atoms with Gasteiger partial charge in [-0.05, 0) is 30.3 Å². The lowest BCUT2D eigenvalue weighted by Crippen LogP contribution is -2.48. The molecule has 0 aliphatic carbocycles. The molecule has 162 valence electrons. The number of halogens is 1. The van der Waals surface area contributed by atoms with Crippen LogP contribution in [0.1, 0.15) is 17.3 Å². The first-order chi connectivity index (χ1) is 14.9. The van der Waals surface area contributed by atoms with Gasteiger partial charge in [-0.1, -0.05) is 6.07 Å². The van der Waals surface area contributed by atoms with Gasteiger partial charge < -0.3 is 14.8 Å². The van der Waals surface area contributed by atoms with Crippen molar-refractivity contribution in [1.82, 2.24) is 19.4 Å². The lowest BCUT2D eigenvalue weighted by atomic mass is 10.0. The maximum atomic E-state index is 13.8. The van der Waals surface area contributed by atoms with Gasteiger partial charge in [-0.25, -0.2) is 4.39 Å². The SMILES string of the molecule is O=C(O)Cn1cc([C@H](C(=O)O)N2CCN(Cc3ccccn3)CC2)c2ccc(F)cc21. The molecule has 1 aliphatic rings. The van der Waals surface area contributed by atoms with E-state index in [9.17, 15) is 24.2 Å². The Balaban J connectivity index is 1.58. The Bertz CT molecular complexity index is 1090. The standard InChI is InChI=1S/C22H23FN4O4/c23-15-4-5-17-18(13-27(14-20(28)29)19(17)11-15)21(22(30)31)26-9-7-25(8-10-26)12-16-3-1-2-6-24-16/h1-6,11,13,21H,7-10,12,14H2,(H,28,29)(H,30,31)/t21-/m1/s1. The van der Waals surface area contributed by atoms with E-state index in [1.165, 1.54) is 29.0 Å². The van der Waals surface area contributed by atoms with Gasteiger partial charge in [-0.3, -0.25) is 24.4 Å². The Labute approximate surface area is 178 Å². The quantitative estimate of drug-likeness (QED) is 0.598. The highest BCUT2D eigenvalue weighted by Crippen LogP contribution is 2.32. The number of hydrogen-bond donors (Lipinski definition) is 2. The van der Waals surface area contributed by atoms with Crippen molar-refractivity contribution in [2.24, 2.45) is 0 Å². The number of rotatable bonds is 7. The molecule has 3 heterocycles. The predicted octanol–water partition coefficient (Wildman–Crippen LogP) is 2.20. The van der Waals surface area contributed by atoms with E-state index in [0.29, 0.717) is 49.2 Å². The number of aromatic nitrogens is 2. The predicted molar refractivity (Wildman–Crippen MR) is 111 cm³/mol. The number of benzene rings is 1. The van der Waals surface area contributed by atoms with Crippen LogP contribution in [0, 0.1) is 5.82 Å². The molecule has 8 nitrogen and oxygen atoms in total. The second-order valence-electron chi connectivity index (χ2n) is 7.64. The van der Waals surface area contributed by atoms with Crippen LogP contribution >= 0.6 is 0 Å². The van der Waals surface area contributed by atoms with Crippen LogP contribution in [0.5, 0.6) is 0 Å². The van der Waals surface area contributed by atoms with E-state index in [-0.39, 0.29) is 6.54 Å². The van der Waals surface area contributed by atoms with Crippen LogP contribution in [0.15, 0.2) is 48.8 Å². The molecule has 2 aromatic heterocycles. The van der Waals surface area contributed by atoms with Gasteiger partial charge in [0.2, 0.25) is 0 Å². The summed E-state index contributed by atoms with van der Waals surface area (Å²) in [5.74, 6) is -2.60. The molecule has 9 heteroatoms. The van der Waals surface area contributed by atoms with Crippen molar-refractivity contribution in [1.29, 1.82) is 0 Å². The molecular weight excluding hydrogens is 403 g/mol. The smallest absolute Gasteiger partial charge is 0.325 e. The molecule has 31 heavy (non-hydrogen) atoms. The fourth-order valence-corrected chi connectivity index (χ4v) is 4.17. The third-order valence-corrected chi connectivity index (χ3v) is 5.59. The minimum absolute atomic E-state index is 0.371. The Hall–Kier alpha value is -3.30. The molecule has 1 aromatic carbocycles. The van der Waals surface area contributed by atoms with Gasteiger partial charge in [-0.15, -0.1) is 0 Å². The molecule has 1 fully saturated rings. The van der Waals surface area contributed by atoms with Crippen LogP contribution in [-0.4, -0.2) is 67.7 Å². The van der Waals surface area contributed by atoms with Crippen LogP contribution in [-0.2, 0) is 22.7 Å². The zero-order valence-corrected chi connectivity index (χ0v) is 16.8. The highest BCUT2D eigenvalue weighted by atomic mass is 19.1. The Morgan fingerprint density at radius 1 is 1.10 bits per heavy atom. The van der Waals surface area contributed by atoms with Gasteiger partial charge in [0.05, 0.1) is 11.2 Å². The van der Waals surface area contributed by atoms with Crippen molar-refractivity contribution >= 4 is 22.8 Å². The summed E-state index contributed by atoms with van der Waals surface area (Å²) in [5, 5.41) is 19.8. The van der Waals surface area contributed by atoms with E-state index in [1.807, 2.05) is 23.1 Å². The number of nitrogens with zero attached hydrogens (tertiary/aromatic N) is 4. The second kappa shape index (κ2) is 8.83. The van der Waals surface area contributed by atoms with E-state index in [1.54, 1.807) is 6.20 Å². The first-order valence-corrected chi connectivity index (χ1v) is 10.0. The van der Waals surface area contributed by atoms with Gasteiger partial charge in [-0.2, -0.15) is 0 Å². The summed E-state index contributed by atoms with van der Waals surface area (Å²) in [7, 11) is 0. The Morgan fingerprint density at radius 2 is 1.87 bits per heavy atom. The summed E-state index contributed by atoms with van der Waals surface area (Å²) < 4.78 is 15.2. The molecule has 4 rings (SSSR count). The van der Waals surface area contributed by atoms with E-state index in [4.69, 9.17) is 0 Å². The fraction of sp³-hybridized carbons (Fsp3) is 0.318. The summed E-state index contributed by atoms with van der Waals surface area (Å²) in [6.45, 7) is 2.77. The molecule has 0 unspecified atom stereocenters. The zero-order chi connectivity index (χ0) is 22.0. The first-order valence-electron chi connectivity index (χ1n) is 10.0. The average molecular weight is 426 g/mol. The highest BCUT2D eigenvalue weighted by Gasteiger charge is 2.33. The van der Waals surface area contributed by atoms with Crippen LogP contribution in [0.25, 0.3) is 10.9 Å². The van der Waals surface area contributed by atoms with E-state index in [0.717, 1.165) is 5.69 Å². The van der Waals surface area contributed by atoms with E-state index in [2.05, 4.69) is 9.88 Å². The topological polar surface area (TPSA) is 98.9 Å². The molecule has 1 atom stereocenters. The molecule has 0 amide bonds. The number of hydrogen-bond acceptors (Lipinski definition) is 5. The average Bonchev–Trinajstić information content (AvgIpc) is 3.06. The first kappa shape index (κ1) is 21.0. The van der Waals surface area contributed by atoms with Crippen molar-refractivity contribution < 1.29 is 24.2 Å². The third kappa shape index (κ3) is 4.57. The van der Waals surface area contributed by atoms with Crippen molar-refractivity contribution in [3.05, 3.63) is 65.9 Å². The van der Waals surface area contributed by atoms with Crippen molar-refractivity contribution in [2.45, 2.75) is 19.1 Å². The van der Waals surface area contributed by atoms with Gasteiger partial charge in [0.15, 0.2) is 0 Å². The number of pyridine rings is 1. The minimum atomic E-state index is -1.08. The molecule has 0 saturated carbocycles. The zero-order valence-electron chi connectivity index (χ0n) is 16.8. The van der Waals surface area contributed by atoms with Crippen molar-refractivity contribution in [2.75, 3.05) is 26.2 Å². The number of piperazine rings is 1. The second-order valence-corrected chi connectivity index (χ2v) is 7.64. The van der Waals surface area contributed by atoms with Crippen LogP contribution < -0.4 is 0 Å². The maximum absolute atomic E-state index is 13.8. The van der Waals surface area contributed by atoms with E-state index >= 15 is 0 Å². The number of carbonyl (C=O) groups is 2. The number of fused-ring (bicyclic) bond motifs is 1. The number of aliphatic carboxylic acids is 2. The normalized spacial score (nSPS) is 16.4. The third-order valence-electron chi connectivity index (χ3n) is 5.59. The Morgan fingerprint density at radius 3 is 2.52 bits per heavy atom. The summed E-state index contributed by atoms with van der Waals surface area (Å²) >= 11 is 0. The molecule has 2 N–H and O–H groups in total. The van der Waals surface area contributed by atoms with Crippen molar-refractivity contribution in [3.8, 4) is 0 Å². The van der Waals surface area contributed by atoms with Crippen molar-refractivity contribution in [3.63, 3.8) is 0 Å². The summed E-state index contributed by atoms with van der Waals surface area (Å²) in [6.07, 6.45) is 3.28. The maximum Gasteiger partial charge on any atom is 0.325 e. The molecule has 0 spiro atoms. The van der Waals surface area contributed by atoms with Gasteiger partial charge in [0.1, 0.15) is 18.4 Å². The van der Waals surface area contributed by atoms with E-state index < -0.39 is 23.8 Å². The number of carboxylic acid groups (broad SMARTS) is 2. The lowest BCUT2D eigenvalue weighted by Gasteiger charge is -2.37. The summed E-state index contributed by atoms with van der Waals surface area (Å²) in [6, 6.07) is 8.85. The molecule has 3 aromatic rings. The largest absolute Gasteiger partial charge is 0.480 e. The Kier molecular flexibility index (Phi) is 5.97. The van der Waals surface area contributed by atoms with Crippen LogP contribution in [0.4, 0.5) is 4.39 Å². The lowest BCUT2D eigenvalue weighted by molar-refractivity contribution is -0.144.